The van der Waals surface area contributed by atoms with Crippen molar-refractivity contribution in [1.82, 2.24) is 0 Å². The largest absolute Gasteiger partial charge is 0.330 e. The quantitative estimate of drug-likeness (QED) is 0.782. The third-order valence-electron chi connectivity index (χ3n) is 2.16. The Hall–Kier alpha value is -0.670. The van der Waals surface area contributed by atoms with Crippen LogP contribution in [0, 0.1) is 5.92 Å². The summed E-state index contributed by atoms with van der Waals surface area (Å²) in [5, 5.41) is 1.99. The molecule has 2 nitrogen and oxygen atoms in total. The lowest BCUT2D eigenvalue weighted by Gasteiger charge is -2.09. The van der Waals surface area contributed by atoms with Crippen molar-refractivity contribution in [3.05, 3.63) is 22.4 Å². The molecule has 2 N–H and O–H groups in total. The van der Waals surface area contributed by atoms with Gasteiger partial charge in [0.15, 0.2) is 0 Å². The molecule has 72 valence electrons. The second-order valence-electron chi connectivity index (χ2n) is 3.06. The van der Waals surface area contributed by atoms with E-state index < -0.39 is 0 Å². The van der Waals surface area contributed by atoms with Crippen molar-refractivity contribution in [3.8, 4) is 0 Å². The van der Waals surface area contributed by atoms with Crippen LogP contribution in [0.4, 0.5) is 0 Å². The smallest absolute Gasteiger partial charge is 0.142 e. The number of thiophene rings is 1. The van der Waals surface area contributed by atoms with Crippen LogP contribution in [-0.4, -0.2) is 12.3 Å². The summed E-state index contributed by atoms with van der Waals surface area (Å²) < 4.78 is 0. The van der Waals surface area contributed by atoms with Crippen molar-refractivity contribution >= 4 is 17.1 Å². The Morgan fingerprint density at radius 3 is 2.92 bits per heavy atom. The van der Waals surface area contributed by atoms with Crippen molar-refractivity contribution in [3.63, 3.8) is 0 Å². The van der Waals surface area contributed by atoms with Gasteiger partial charge in [-0.3, -0.25) is 4.79 Å². The van der Waals surface area contributed by atoms with Crippen molar-refractivity contribution in [2.45, 2.75) is 19.8 Å². The van der Waals surface area contributed by atoms with Crippen LogP contribution in [0.3, 0.4) is 0 Å². The van der Waals surface area contributed by atoms with Gasteiger partial charge in [0.05, 0.1) is 0 Å². The van der Waals surface area contributed by atoms with Crippen molar-refractivity contribution in [2.24, 2.45) is 11.7 Å². The number of hydrogen-bond acceptors (Lipinski definition) is 3. The first-order valence-electron chi connectivity index (χ1n) is 4.53. The Bertz CT molecular complexity index is 252. The van der Waals surface area contributed by atoms with E-state index in [-0.39, 0.29) is 11.7 Å². The first-order valence-corrected chi connectivity index (χ1v) is 5.41. The first-order chi connectivity index (χ1) is 6.27. The highest BCUT2D eigenvalue weighted by Gasteiger charge is 2.14. The van der Waals surface area contributed by atoms with E-state index in [1.165, 1.54) is 0 Å². The number of Topliss-reactive ketones (excluding diaryl/α,β-unsaturated/α-hetero) is 1. The highest BCUT2D eigenvalue weighted by Crippen LogP contribution is 2.13. The van der Waals surface area contributed by atoms with Gasteiger partial charge in [-0.2, -0.15) is 0 Å². The zero-order valence-electron chi connectivity index (χ0n) is 7.82. The summed E-state index contributed by atoms with van der Waals surface area (Å²) in [4.78, 5) is 12.7. The van der Waals surface area contributed by atoms with Crippen molar-refractivity contribution < 1.29 is 4.79 Å². The van der Waals surface area contributed by atoms with E-state index in [0.29, 0.717) is 13.0 Å². The topological polar surface area (TPSA) is 43.1 Å². The fourth-order valence-corrected chi connectivity index (χ4v) is 1.97. The minimum Gasteiger partial charge on any atom is -0.330 e. The maximum atomic E-state index is 11.6. The SMILES string of the molecule is CCC(CN)C(=O)Cc1cccs1. The summed E-state index contributed by atoms with van der Waals surface area (Å²) in [5.74, 6) is 0.314. The van der Waals surface area contributed by atoms with Crippen LogP contribution >= 0.6 is 11.3 Å². The average molecular weight is 197 g/mol. The van der Waals surface area contributed by atoms with Gasteiger partial charge in [-0.15, -0.1) is 11.3 Å². The fourth-order valence-electron chi connectivity index (χ4n) is 1.26. The van der Waals surface area contributed by atoms with E-state index in [2.05, 4.69) is 0 Å². The monoisotopic (exact) mass is 197 g/mol. The lowest BCUT2D eigenvalue weighted by Crippen LogP contribution is -2.24. The molecule has 0 aliphatic carbocycles. The maximum Gasteiger partial charge on any atom is 0.142 e. The maximum absolute atomic E-state index is 11.6. The molecular weight excluding hydrogens is 182 g/mol. The summed E-state index contributed by atoms with van der Waals surface area (Å²) in [7, 11) is 0. The first kappa shape index (κ1) is 10.4. The predicted octanol–water partition coefficient (Wildman–Crippen LogP) is 1.84. The summed E-state index contributed by atoms with van der Waals surface area (Å²) in [6, 6.07) is 3.96. The number of nitrogens with two attached hydrogens (primary N) is 1. The van der Waals surface area contributed by atoms with Crippen LogP contribution < -0.4 is 5.73 Å². The number of hydrogen-bond donors (Lipinski definition) is 1. The van der Waals surface area contributed by atoms with E-state index in [9.17, 15) is 4.79 Å². The molecule has 13 heavy (non-hydrogen) atoms. The number of carbonyl (C=O) groups excluding carboxylic acids is 1. The summed E-state index contributed by atoms with van der Waals surface area (Å²) in [6.45, 7) is 2.48. The summed E-state index contributed by atoms with van der Waals surface area (Å²) in [6.07, 6.45) is 1.40. The molecule has 3 heteroatoms. The van der Waals surface area contributed by atoms with E-state index in [4.69, 9.17) is 5.73 Å². The van der Waals surface area contributed by atoms with Gasteiger partial charge in [0, 0.05) is 23.8 Å². The molecule has 0 aliphatic heterocycles. The Labute approximate surface area is 82.8 Å². The van der Waals surface area contributed by atoms with Crippen LogP contribution in [0.25, 0.3) is 0 Å². The number of ketones is 1. The molecule has 1 rings (SSSR count). The lowest BCUT2D eigenvalue weighted by atomic mass is 9.98. The number of rotatable bonds is 5. The van der Waals surface area contributed by atoms with Gasteiger partial charge in [-0.25, -0.2) is 0 Å². The highest BCUT2D eigenvalue weighted by atomic mass is 32.1. The molecule has 1 atom stereocenters. The number of carbonyl (C=O) groups is 1. The van der Waals surface area contributed by atoms with E-state index in [0.717, 1.165) is 11.3 Å². The Morgan fingerprint density at radius 2 is 2.46 bits per heavy atom. The molecule has 0 aromatic carbocycles. The van der Waals surface area contributed by atoms with Gasteiger partial charge in [-0.05, 0) is 17.9 Å². The van der Waals surface area contributed by atoms with Gasteiger partial charge in [0.1, 0.15) is 5.78 Å². The fraction of sp³-hybridized carbons (Fsp3) is 0.500. The Kier molecular flexibility index (Phi) is 4.12. The molecule has 1 unspecified atom stereocenters. The minimum absolute atomic E-state index is 0.0436. The molecule has 0 radical (unpaired) electrons. The van der Waals surface area contributed by atoms with Gasteiger partial charge < -0.3 is 5.73 Å². The molecule has 0 saturated heterocycles. The van der Waals surface area contributed by atoms with Crippen molar-refractivity contribution in [1.29, 1.82) is 0 Å². The van der Waals surface area contributed by atoms with Crippen LogP contribution in [0.1, 0.15) is 18.2 Å². The molecule has 0 aliphatic rings. The van der Waals surface area contributed by atoms with E-state index in [1.54, 1.807) is 11.3 Å². The average Bonchev–Trinajstić information content (AvgIpc) is 2.59. The molecule has 1 heterocycles. The van der Waals surface area contributed by atoms with Gasteiger partial charge in [-0.1, -0.05) is 13.0 Å². The lowest BCUT2D eigenvalue weighted by molar-refractivity contribution is -0.121. The van der Waals surface area contributed by atoms with Gasteiger partial charge in [0.2, 0.25) is 0 Å². The van der Waals surface area contributed by atoms with E-state index >= 15 is 0 Å². The second kappa shape index (κ2) is 5.14. The van der Waals surface area contributed by atoms with Crippen LogP contribution in [0.2, 0.25) is 0 Å². The molecule has 0 spiro atoms. The third kappa shape index (κ3) is 2.94. The van der Waals surface area contributed by atoms with E-state index in [1.807, 2.05) is 24.4 Å². The molecule has 0 bridgehead atoms. The standard InChI is InChI=1S/C10H15NOS/c1-2-8(7-11)10(12)6-9-4-3-5-13-9/h3-5,8H,2,6-7,11H2,1H3. The van der Waals surface area contributed by atoms with Gasteiger partial charge in [0.25, 0.3) is 0 Å². The molecule has 0 saturated carbocycles. The zero-order chi connectivity index (χ0) is 9.68. The molecular formula is C10H15NOS. The van der Waals surface area contributed by atoms with Crippen LogP contribution in [-0.2, 0) is 11.2 Å². The minimum atomic E-state index is 0.0436. The van der Waals surface area contributed by atoms with Crippen LogP contribution in [0.5, 0.6) is 0 Å². The van der Waals surface area contributed by atoms with Crippen molar-refractivity contribution in [2.75, 3.05) is 6.54 Å². The summed E-state index contributed by atoms with van der Waals surface area (Å²) in [5.41, 5.74) is 5.50. The zero-order valence-corrected chi connectivity index (χ0v) is 8.64. The summed E-state index contributed by atoms with van der Waals surface area (Å²) >= 11 is 1.63. The third-order valence-corrected chi connectivity index (χ3v) is 3.04. The highest BCUT2D eigenvalue weighted by molar-refractivity contribution is 7.10. The molecule has 0 fully saturated rings. The molecule has 1 aromatic heterocycles. The van der Waals surface area contributed by atoms with Gasteiger partial charge >= 0.3 is 0 Å². The normalized spacial score (nSPS) is 12.8. The van der Waals surface area contributed by atoms with Crippen LogP contribution in [0.15, 0.2) is 17.5 Å². The molecule has 0 amide bonds. The predicted molar refractivity (Wildman–Crippen MR) is 55.9 cm³/mol. The molecule has 1 aromatic rings. The second-order valence-corrected chi connectivity index (χ2v) is 4.10. The Balaban J connectivity index is 2.49. The Morgan fingerprint density at radius 1 is 1.69 bits per heavy atom.